The first-order valence-electron chi connectivity index (χ1n) is 8.75. The summed E-state index contributed by atoms with van der Waals surface area (Å²) in [7, 11) is 0. The third-order valence-electron chi connectivity index (χ3n) is 3.67. The van der Waals surface area contributed by atoms with Crippen molar-refractivity contribution in [2.75, 3.05) is 11.9 Å². The van der Waals surface area contributed by atoms with Crippen LogP contribution in [0.15, 0.2) is 48.5 Å². The normalized spacial score (nSPS) is 11.9. The van der Waals surface area contributed by atoms with Crippen molar-refractivity contribution in [2.45, 2.75) is 40.2 Å². The standard InChI is InChI=1S/C21H27NO3/c1-5-20(25-19-10-6-16(4)7-11-19)21(23)22-17-8-12-18(13-9-17)24-14-15(2)3/h6-13,15,20H,5,14H2,1-4H3,(H,22,23). The van der Waals surface area contributed by atoms with Crippen LogP contribution in [0, 0.1) is 12.8 Å². The summed E-state index contributed by atoms with van der Waals surface area (Å²) in [6, 6.07) is 15.1. The lowest BCUT2D eigenvalue weighted by Crippen LogP contribution is -2.32. The van der Waals surface area contributed by atoms with Gasteiger partial charge < -0.3 is 14.8 Å². The summed E-state index contributed by atoms with van der Waals surface area (Å²) in [5.74, 6) is 1.82. The van der Waals surface area contributed by atoms with Crippen LogP contribution in [0.4, 0.5) is 5.69 Å². The number of rotatable bonds is 8. The van der Waals surface area contributed by atoms with Gasteiger partial charge >= 0.3 is 0 Å². The van der Waals surface area contributed by atoms with E-state index in [0.717, 1.165) is 17.0 Å². The molecule has 0 heterocycles. The molecular weight excluding hydrogens is 314 g/mol. The van der Waals surface area contributed by atoms with Crippen molar-refractivity contribution in [1.82, 2.24) is 0 Å². The Hall–Kier alpha value is -2.49. The number of anilines is 1. The zero-order valence-electron chi connectivity index (χ0n) is 15.4. The quantitative estimate of drug-likeness (QED) is 0.748. The molecule has 1 N–H and O–H groups in total. The summed E-state index contributed by atoms with van der Waals surface area (Å²) in [4.78, 5) is 12.4. The fraction of sp³-hybridized carbons (Fsp3) is 0.381. The van der Waals surface area contributed by atoms with E-state index >= 15 is 0 Å². The van der Waals surface area contributed by atoms with Crippen molar-refractivity contribution in [3.63, 3.8) is 0 Å². The number of amides is 1. The smallest absolute Gasteiger partial charge is 0.265 e. The van der Waals surface area contributed by atoms with Gasteiger partial charge in [0.15, 0.2) is 6.10 Å². The Bertz CT molecular complexity index is 663. The predicted molar refractivity (Wildman–Crippen MR) is 101 cm³/mol. The monoisotopic (exact) mass is 341 g/mol. The van der Waals surface area contributed by atoms with E-state index in [-0.39, 0.29) is 5.91 Å². The van der Waals surface area contributed by atoms with Gasteiger partial charge in [0, 0.05) is 5.69 Å². The van der Waals surface area contributed by atoms with Crippen LogP contribution in [-0.4, -0.2) is 18.6 Å². The number of nitrogens with one attached hydrogen (secondary N) is 1. The topological polar surface area (TPSA) is 47.6 Å². The minimum absolute atomic E-state index is 0.154. The molecule has 134 valence electrons. The van der Waals surface area contributed by atoms with E-state index in [0.29, 0.717) is 24.7 Å². The summed E-state index contributed by atoms with van der Waals surface area (Å²) in [6.07, 6.45) is 0.0644. The van der Waals surface area contributed by atoms with Gasteiger partial charge in [-0.3, -0.25) is 4.79 Å². The van der Waals surface area contributed by atoms with E-state index in [1.165, 1.54) is 0 Å². The molecule has 4 heteroatoms. The van der Waals surface area contributed by atoms with E-state index < -0.39 is 6.10 Å². The van der Waals surface area contributed by atoms with Crippen LogP contribution in [0.2, 0.25) is 0 Å². The summed E-state index contributed by atoms with van der Waals surface area (Å²) >= 11 is 0. The predicted octanol–water partition coefficient (Wildman–Crippen LogP) is 4.83. The lowest BCUT2D eigenvalue weighted by Gasteiger charge is -2.17. The highest BCUT2D eigenvalue weighted by Gasteiger charge is 2.18. The molecule has 0 aliphatic heterocycles. The largest absolute Gasteiger partial charge is 0.493 e. The maximum atomic E-state index is 12.4. The van der Waals surface area contributed by atoms with Crippen molar-refractivity contribution < 1.29 is 14.3 Å². The molecule has 4 nitrogen and oxygen atoms in total. The van der Waals surface area contributed by atoms with Crippen LogP contribution in [0.5, 0.6) is 11.5 Å². The summed E-state index contributed by atoms with van der Waals surface area (Å²) in [5.41, 5.74) is 1.89. The second-order valence-electron chi connectivity index (χ2n) is 6.55. The number of hydrogen-bond donors (Lipinski definition) is 1. The SMILES string of the molecule is CCC(Oc1ccc(C)cc1)C(=O)Nc1ccc(OCC(C)C)cc1. The van der Waals surface area contributed by atoms with E-state index in [9.17, 15) is 4.79 Å². The highest BCUT2D eigenvalue weighted by molar-refractivity contribution is 5.94. The Morgan fingerprint density at radius 2 is 1.60 bits per heavy atom. The minimum Gasteiger partial charge on any atom is -0.493 e. The van der Waals surface area contributed by atoms with Crippen LogP contribution in [0.1, 0.15) is 32.8 Å². The Morgan fingerprint density at radius 1 is 1.00 bits per heavy atom. The molecular formula is C21H27NO3. The van der Waals surface area contributed by atoms with Crippen molar-refractivity contribution in [3.05, 3.63) is 54.1 Å². The lowest BCUT2D eigenvalue weighted by atomic mass is 10.2. The maximum absolute atomic E-state index is 12.4. The molecule has 1 amide bonds. The molecule has 1 unspecified atom stereocenters. The third kappa shape index (κ3) is 6.14. The van der Waals surface area contributed by atoms with Crippen LogP contribution >= 0.6 is 0 Å². The molecule has 0 aromatic heterocycles. The van der Waals surface area contributed by atoms with Crippen molar-refractivity contribution in [1.29, 1.82) is 0 Å². The molecule has 0 bridgehead atoms. The zero-order valence-corrected chi connectivity index (χ0v) is 15.4. The average molecular weight is 341 g/mol. The van der Waals surface area contributed by atoms with Gasteiger partial charge in [0.25, 0.3) is 5.91 Å². The number of hydrogen-bond acceptors (Lipinski definition) is 3. The van der Waals surface area contributed by atoms with E-state index in [1.807, 2.05) is 62.4 Å². The Morgan fingerprint density at radius 3 is 2.16 bits per heavy atom. The van der Waals surface area contributed by atoms with Gasteiger partial charge in [-0.2, -0.15) is 0 Å². The van der Waals surface area contributed by atoms with Crippen LogP contribution in [0.25, 0.3) is 0 Å². The van der Waals surface area contributed by atoms with E-state index in [4.69, 9.17) is 9.47 Å². The van der Waals surface area contributed by atoms with Gasteiger partial charge in [0.1, 0.15) is 11.5 Å². The van der Waals surface area contributed by atoms with Crippen LogP contribution < -0.4 is 14.8 Å². The molecule has 25 heavy (non-hydrogen) atoms. The molecule has 0 saturated heterocycles. The molecule has 0 spiro atoms. The molecule has 2 rings (SSSR count). The molecule has 0 saturated carbocycles. The second-order valence-corrected chi connectivity index (χ2v) is 6.55. The number of benzene rings is 2. The van der Waals surface area contributed by atoms with Crippen LogP contribution in [0.3, 0.4) is 0 Å². The molecule has 2 aromatic rings. The van der Waals surface area contributed by atoms with Gasteiger partial charge in [0.2, 0.25) is 0 Å². The fourth-order valence-corrected chi connectivity index (χ4v) is 2.22. The molecule has 0 aliphatic carbocycles. The highest BCUT2D eigenvalue weighted by Crippen LogP contribution is 2.19. The van der Waals surface area contributed by atoms with Gasteiger partial charge in [-0.25, -0.2) is 0 Å². The van der Waals surface area contributed by atoms with Crippen molar-refractivity contribution in [3.8, 4) is 11.5 Å². The zero-order chi connectivity index (χ0) is 18.2. The molecule has 0 fully saturated rings. The Kier molecular flexibility index (Phi) is 6.87. The number of ether oxygens (including phenoxy) is 2. The molecule has 2 aromatic carbocycles. The summed E-state index contributed by atoms with van der Waals surface area (Å²) < 4.78 is 11.5. The Balaban J connectivity index is 1.93. The van der Waals surface area contributed by atoms with E-state index in [2.05, 4.69) is 19.2 Å². The average Bonchev–Trinajstić information content (AvgIpc) is 2.60. The highest BCUT2D eigenvalue weighted by atomic mass is 16.5. The fourth-order valence-electron chi connectivity index (χ4n) is 2.22. The first kappa shape index (κ1) is 18.8. The van der Waals surface area contributed by atoms with Gasteiger partial charge in [-0.05, 0) is 55.7 Å². The third-order valence-corrected chi connectivity index (χ3v) is 3.67. The van der Waals surface area contributed by atoms with Crippen molar-refractivity contribution >= 4 is 11.6 Å². The van der Waals surface area contributed by atoms with Gasteiger partial charge in [0.05, 0.1) is 6.61 Å². The van der Waals surface area contributed by atoms with Gasteiger partial charge in [-0.15, -0.1) is 0 Å². The first-order valence-corrected chi connectivity index (χ1v) is 8.75. The Labute approximate surface area is 150 Å². The molecule has 1 atom stereocenters. The van der Waals surface area contributed by atoms with Crippen molar-refractivity contribution in [2.24, 2.45) is 5.92 Å². The van der Waals surface area contributed by atoms with Gasteiger partial charge in [-0.1, -0.05) is 38.5 Å². The minimum atomic E-state index is -0.528. The maximum Gasteiger partial charge on any atom is 0.265 e. The number of aryl methyl sites for hydroxylation is 1. The van der Waals surface area contributed by atoms with E-state index in [1.54, 1.807) is 0 Å². The van der Waals surface area contributed by atoms with Crippen LogP contribution in [-0.2, 0) is 4.79 Å². The summed E-state index contributed by atoms with van der Waals surface area (Å²) in [6.45, 7) is 8.83. The first-order chi connectivity index (χ1) is 12.0. The summed E-state index contributed by atoms with van der Waals surface area (Å²) in [5, 5.41) is 2.90. The number of carbonyl (C=O) groups excluding carboxylic acids is 1. The molecule has 0 aliphatic rings. The number of carbonyl (C=O) groups is 1. The lowest BCUT2D eigenvalue weighted by molar-refractivity contribution is -0.122. The second kappa shape index (κ2) is 9.11. The molecule has 0 radical (unpaired) electrons.